The molecule has 2 saturated carbocycles. The van der Waals surface area contributed by atoms with Crippen LogP contribution in [0.5, 0.6) is 0 Å². The Morgan fingerprint density at radius 3 is 2.39 bits per heavy atom. The molecule has 2 fully saturated rings. The van der Waals surface area contributed by atoms with Crippen molar-refractivity contribution in [2.24, 2.45) is 23.5 Å². The number of carbonyl (C=O) groups is 1. The standard InChI is InChI=1S/C15H28N2O/c1-10-6-8-12(9-7-10)17-15(18)13-5-3-4-11(2)14(13)16/h10-14H,3-9,16H2,1-2H3,(H,17,18). The van der Waals surface area contributed by atoms with Gasteiger partial charge in [-0.2, -0.15) is 0 Å². The van der Waals surface area contributed by atoms with Gasteiger partial charge in [-0.05, 0) is 50.4 Å². The van der Waals surface area contributed by atoms with Gasteiger partial charge in [0.15, 0.2) is 0 Å². The molecule has 0 bridgehead atoms. The van der Waals surface area contributed by atoms with Gasteiger partial charge in [0.1, 0.15) is 0 Å². The monoisotopic (exact) mass is 252 g/mol. The first-order chi connectivity index (χ1) is 8.58. The summed E-state index contributed by atoms with van der Waals surface area (Å²) in [4.78, 5) is 12.3. The van der Waals surface area contributed by atoms with E-state index in [1.165, 1.54) is 19.3 Å². The van der Waals surface area contributed by atoms with Crippen LogP contribution in [0.4, 0.5) is 0 Å². The lowest BCUT2D eigenvalue weighted by Gasteiger charge is -2.35. The second kappa shape index (κ2) is 6.05. The fraction of sp³-hybridized carbons (Fsp3) is 0.933. The summed E-state index contributed by atoms with van der Waals surface area (Å²) in [5.74, 6) is 1.58. The Morgan fingerprint density at radius 1 is 1.06 bits per heavy atom. The maximum absolute atomic E-state index is 12.3. The van der Waals surface area contributed by atoms with Gasteiger partial charge in [-0.15, -0.1) is 0 Å². The lowest BCUT2D eigenvalue weighted by Crippen LogP contribution is -2.50. The van der Waals surface area contributed by atoms with Crippen LogP contribution >= 0.6 is 0 Å². The minimum Gasteiger partial charge on any atom is -0.353 e. The van der Waals surface area contributed by atoms with Gasteiger partial charge in [0.05, 0.1) is 5.92 Å². The van der Waals surface area contributed by atoms with Gasteiger partial charge in [-0.1, -0.05) is 20.3 Å². The Hall–Kier alpha value is -0.570. The summed E-state index contributed by atoms with van der Waals surface area (Å²) in [5.41, 5.74) is 6.19. The van der Waals surface area contributed by atoms with Crippen LogP contribution in [0.1, 0.15) is 58.8 Å². The average molecular weight is 252 g/mol. The zero-order chi connectivity index (χ0) is 13.1. The molecule has 0 aromatic rings. The smallest absolute Gasteiger partial charge is 0.224 e. The van der Waals surface area contributed by atoms with Crippen molar-refractivity contribution in [3.05, 3.63) is 0 Å². The molecule has 3 atom stereocenters. The molecule has 3 heteroatoms. The molecule has 2 rings (SSSR count). The third-order valence-electron chi connectivity index (χ3n) is 5.00. The van der Waals surface area contributed by atoms with E-state index in [-0.39, 0.29) is 17.9 Å². The summed E-state index contributed by atoms with van der Waals surface area (Å²) in [6.45, 7) is 4.48. The summed E-state index contributed by atoms with van der Waals surface area (Å²) in [6.07, 6.45) is 8.08. The highest BCUT2D eigenvalue weighted by Crippen LogP contribution is 2.29. The molecule has 1 amide bonds. The van der Waals surface area contributed by atoms with E-state index in [0.29, 0.717) is 12.0 Å². The molecule has 3 nitrogen and oxygen atoms in total. The summed E-state index contributed by atoms with van der Waals surface area (Å²) in [7, 11) is 0. The van der Waals surface area contributed by atoms with Crippen molar-refractivity contribution in [3.8, 4) is 0 Å². The lowest BCUT2D eigenvalue weighted by atomic mass is 9.77. The molecule has 2 aliphatic rings. The minimum atomic E-state index is 0.0492. The van der Waals surface area contributed by atoms with E-state index in [9.17, 15) is 4.79 Å². The normalized spacial score (nSPS) is 41.4. The Kier molecular flexibility index (Phi) is 4.66. The van der Waals surface area contributed by atoms with Crippen molar-refractivity contribution in [1.82, 2.24) is 5.32 Å². The van der Waals surface area contributed by atoms with Crippen molar-refractivity contribution in [2.75, 3.05) is 0 Å². The Labute approximate surface area is 111 Å². The van der Waals surface area contributed by atoms with Crippen molar-refractivity contribution >= 4 is 5.91 Å². The molecular formula is C15H28N2O. The van der Waals surface area contributed by atoms with Gasteiger partial charge in [0.2, 0.25) is 5.91 Å². The van der Waals surface area contributed by atoms with Gasteiger partial charge < -0.3 is 11.1 Å². The third-order valence-corrected chi connectivity index (χ3v) is 5.00. The fourth-order valence-electron chi connectivity index (χ4n) is 3.46. The lowest BCUT2D eigenvalue weighted by molar-refractivity contribution is -0.128. The van der Waals surface area contributed by atoms with E-state index >= 15 is 0 Å². The van der Waals surface area contributed by atoms with E-state index in [1.54, 1.807) is 0 Å². The van der Waals surface area contributed by atoms with Crippen molar-refractivity contribution in [3.63, 3.8) is 0 Å². The molecule has 0 aromatic carbocycles. The Bertz CT molecular complexity index is 284. The molecule has 0 radical (unpaired) electrons. The molecule has 3 unspecified atom stereocenters. The van der Waals surface area contributed by atoms with E-state index in [4.69, 9.17) is 5.73 Å². The van der Waals surface area contributed by atoms with Crippen LogP contribution in [0.15, 0.2) is 0 Å². The van der Waals surface area contributed by atoms with E-state index in [0.717, 1.165) is 31.6 Å². The molecule has 18 heavy (non-hydrogen) atoms. The van der Waals surface area contributed by atoms with E-state index in [2.05, 4.69) is 19.2 Å². The summed E-state index contributed by atoms with van der Waals surface area (Å²) < 4.78 is 0. The van der Waals surface area contributed by atoms with Gasteiger partial charge in [0, 0.05) is 12.1 Å². The highest BCUT2D eigenvalue weighted by atomic mass is 16.2. The van der Waals surface area contributed by atoms with Crippen LogP contribution in [0, 0.1) is 17.8 Å². The number of amides is 1. The SMILES string of the molecule is CC1CCC(NC(=O)C2CCCC(C)C2N)CC1. The second-order valence-electron chi connectivity index (χ2n) is 6.56. The molecule has 3 N–H and O–H groups in total. The number of nitrogens with one attached hydrogen (secondary N) is 1. The minimum absolute atomic E-state index is 0.0492. The second-order valence-corrected chi connectivity index (χ2v) is 6.56. The first-order valence-electron chi connectivity index (χ1n) is 7.64. The average Bonchev–Trinajstić information content (AvgIpc) is 2.35. The highest BCUT2D eigenvalue weighted by molar-refractivity contribution is 5.79. The first-order valence-corrected chi connectivity index (χ1v) is 7.64. The summed E-state index contributed by atoms with van der Waals surface area (Å²) in [6, 6.07) is 0.458. The van der Waals surface area contributed by atoms with Gasteiger partial charge in [0.25, 0.3) is 0 Å². The van der Waals surface area contributed by atoms with E-state index in [1.807, 2.05) is 0 Å². The number of hydrogen-bond donors (Lipinski definition) is 2. The number of rotatable bonds is 2. The van der Waals surface area contributed by atoms with Crippen LogP contribution in [-0.2, 0) is 4.79 Å². The predicted molar refractivity (Wildman–Crippen MR) is 74.0 cm³/mol. The molecule has 0 spiro atoms. The van der Waals surface area contributed by atoms with Crippen LogP contribution < -0.4 is 11.1 Å². The van der Waals surface area contributed by atoms with Crippen molar-refractivity contribution in [2.45, 2.75) is 70.9 Å². The molecular weight excluding hydrogens is 224 g/mol. The Morgan fingerprint density at radius 2 is 1.72 bits per heavy atom. The Balaban J connectivity index is 1.83. The highest BCUT2D eigenvalue weighted by Gasteiger charge is 2.33. The largest absolute Gasteiger partial charge is 0.353 e. The van der Waals surface area contributed by atoms with Gasteiger partial charge in [-0.25, -0.2) is 0 Å². The maximum atomic E-state index is 12.3. The molecule has 0 aliphatic heterocycles. The molecule has 0 aromatic heterocycles. The van der Waals surface area contributed by atoms with Crippen LogP contribution in [0.3, 0.4) is 0 Å². The van der Waals surface area contributed by atoms with Crippen LogP contribution in [-0.4, -0.2) is 18.0 Å². The molecule has 2 aliphatic carbocycles. The van der Waals surface area contributed by atoms with Crippen LogP contribution in [0.2, 0.25) is 0 Å². The van der Waals surface area contributed by atoms with E-state index < -0.39 is 0 Å². The number of carbonyl (C=O) groups excluding carboxylic acids is 1. The zero-order valence-electron chi connectivity index (χ0n) is 11.8. The molecule has 104 valence electrons. The van der Waals surface area contributed by atoms with Crippen molar-refractivity contribution in [1.29, 1.82) is 0 Å². The number of nitrogens with two attached hydrogens (primary N) is 1. The zero-order valence-corrected chi connectivity index (χ0v) is 11.8. The molecule has 0 heterocycles. The van der Waals surface area contributed by atoms with Gasteiger partial charge >= 0.3 is 0 Å². The first kappa shape index (κ1) is 13.9. The maximum Gasteiger partial charge on any atom is 0.224 e. The summed E-state index contributed by atoms with van der Waals surface area (Å²) in [5, 5.41) is 3.24. The van der Waals surface area contributed by atoms with Gasteiger partial charge in [-0.3, -0.25) is 4.79 Å². The topological polar surface area (TPSA) is 55.1 Å². The number of hydrogen-bond acceptors (Lipinski definition) is 2. The fourth-order valence-corrected chi connectivity index (χ4v) is 3.46. The predicted octanol–water partition coefficient (Wildman–Crippen LogP) is 2.44. The summed E-state index contributed by atoms with van der Waals surface area (Å²) >= 11 is 0. The quantitative estimate of drug-likeness (QED) is 0.793. The third kappa shape index (κ3) is 3.25. The molecule has 0 saturated heterocycles. The van der Waals surface area contributed by atoms with Crippen LogP contribution in [0.25, 0.3) is 0 Å². The van der Waals surface area contributed by atoms with Crippen molar-refractivity contribution < 1.29 is 4.79 Å².